The summed E-state index contributed by atoms with van der Waals surface area (Å²) in [4.78, 5) is 0.710. The van der Waals surface area contributed by atoms with Gasteiger partial charge in [-0.1, -0.05) is 35.6 Å². The van der Waals surface area contributed by atoms with Crippen molar-refractivity contribution in [2.75, 3.05) is 14.2 Å². The number of hydrogen-bond donors (Lipinski definition) is 0. The molecule has 132 valence electrons. The normalized spacial score (nSPS) is 10.8. The number of hydrogen-bond acceptors (Lipinski definition) is 7. The minimum Gasteiger partial charge on any atom is -0.497 e. The quantitative estimate of drug-likeness (QED) is 0.519. The predicted octanol–water partition coefficient (Wildman–Crippen LogP) is 3.45. The summed E-state index contributed by atoms with van der Waals surface area (Å²) in [6.45, 7) is 0.325. The van der Waals surface area contributed by atoms with Crippen molar-refractivity contribution in [3.63, 3.8) is 0 Å². The number of benzene rings is 2. The maximum atomic E-state index is 5.84. The summed E-state index contributed by atoms with van der Waals surface area (Å²) in [5, 5.41) is 13.8. The zero-order valence-corrected chi connectivity index (χ0v) is 15.1. The molecule has 0 spiro atoms. The molecule has 0 bridgehead atoms. The van der Waals surface area contributed by atoms with E-state index in [-0.39, 0.29) is 0 Å². The molecule has 2 aromatic heterocycles. The van der Waals surface area contributed by atoms with Crippen LogP contribution in [0.2, 0.25) is 0 Å². The van der Waals surface area contributed by atoms with E-state index in [0.29, 0.717) is 28.9 Å². The zero-order valence-electron chi connectivity index (χ0n) is 14.2. The van der Waals surface area contributed by atoms with Crippen LogP contribution in [0.4, 0.5) is 0 Å². The first kappa shape index (κ1) is 16.3. The number of aromatic nitrogens is 4. The number of fused-ring (bicyclic) bond motifs is 1. The van der Waals surface area contributed by atoms with E-state index in [1.807, 2.05) is 48.5 Å². The number of ether oxygens (including phenoxy) is 3. The van der Waals surface area contributed by atoms with Crippen molar-refractivity contribution in [3.05, 3.63) is 53.5 Å². The molecule has 0 aliphatic rings. The monoisotopic (exact) mass is 368 g/mol. The van der Waals surface area contributed by atoms with E-state index >= 15 is 0 Å². The van der Waals surface area contributed by atoms with E-state index in [0.717, 1.165) is 16.3 Å². The van der Waals surface area contributed by atoms with Crippen molar-refractivity contribution in [3.8, 4) is 28.6 Å². The predicted molar refractivity (Wildman–Crippen MR) is 98.0 cm³/mol. The summed E-state index contributed by atoms with van der Waals surface area (Å²) in [6, 6.07) is 15.2. The van der Waals surface area contributed by atoms with Gasteiger partial charge in [-0.3, -0.25) is 0 Å². The Morgan fingerprint density at radius 3 is 2.62 bits per heavy atom. The Bertz CT molecular complexity index is 1040. The lowest BCUT2D eigenvalue weighted by molar-refractivity contribution is 0.283. The summed E-state index contributed by atoms with van der Waals surface area (Å²) in [6.07, 6.45) is 0. The summed E-state index contributed by atoms with van der Waals surface area (Å²) in [7, 11) is 3.25. The molecule has 4 aromatic rings. The van der Waals surface area contributed by atoms with E-state index in [9.17, 15) is 0 Å². The molecular weight excluding hydrogens is 352 g/mol. The van der Waals surface area contributed by atoms with Crippen LogP contribution < -0.4 is 14.2 Å². The van der Waals surface area contributed by atoms with E-state index in [2.05, 4.69) is 15.3 Å². The molecule has 0 aliphatic carbocycles. The Hall–Kier alpha value is -3.13. The largest absolute Gasteiger partial charge is 0.497 e. The minimum absolute atomic E-state index is 0.325. The Morgan fingerprint density at radius 1 is 0.962 bits per heavy atom. The fourth-order valence-corrected chi connectivity index (χ4v) is 3.28. The molecule has 0 radical (unpaired) electrons. The van der Waals surface area contributed by atoms with Crippen LogP contribution in [-0.2, 0) is 6.61 Å². The van der Waals surface area contributed by atoms with Crippen molar-refractivity contribution < 1.29 is 14.2 Å². The van der Waals surface area contributed by atoms with Crippen molar-refractivity contribution >= 4 is 16.3 Å². The van der Waals surface area contributed by atoms with Gasteiger partial charge in [0.05, 0.1) is 14.2 Å². The summed E-state index contributed by atoms with van der Waals surface area (Å²) in [5.74, 6) is 2.79. The SMILES string of the molecule is COc1cccc(-c2nnc3sc(COc4ccccc4OC)nn23)c1. The van der Waals surface area contributed by atoms with Gasteiger partial charge in [-0.2, -0.15) is 9.61 Å². The van der Waals surface area contributed by atoms with Crippen LogP contribution in [0.3, 0.4) is 0 Å². The fourth-order valence-electron chi connectivity index (χ4n) is 2.53. The minimum atomic E-state index is 0.325. The van der Waals surface area contributed by atoms with Crippen LogP contribution in [0.15, 0.2) is 48.5 Å². The third kappa shape index (κ3) is 3.06. The van der Waals surface area contributed by atoms with Crippen molar-refractivity contribution in [1.29, 1.82) is 0 Å². The van der Waals surface area contributed by atoms with E-state index in [1.165, 1.54) is 11.3 Å². The summed E-state index contributed by atoms with van der Waals surface area (Å²) < 4.78 is 18.1. The van der Waals surface area contributed by atoms with Crippen LogP contribution in [0, 0.1) is 0 Å². The van der Waals surface area contributed by atoms with Gasteiger partial charge in [-0.05, 0) is 24.3 Å². The van der Waals surface area contributed by atoms with Crippen LogP contribution in [0.5, 0.6) is 17.2 Å². The highest BCUT2D eigenvalue weighted by atomic mass is 32.1. The topological polar surface area (TPSA) is 70.8 Å². The lowest BCUT2D eigenvalue weighted by Gasteiger charge is -2.08. The van der Waals surface area contributed by atoms with Crippen LogP contribution in [0.1, 0.15) is 5.01 Å². The van der Waals surface area contributed by atoms with Gasteiger partial charge in [-0.15, -0.1) is 10.2 Å². The molecule has 7 nitrogen and oxygen atoms in total. The first-order valence-corrected chi connectivity index (χ1v) is 8.71. The molecule has 0 unspecified atom stereocenters. The Morgan fingerprint density at radius 2 is 1.81 bits per heavy atom. The maximum Gasteiger partial charge on any atom is 0.235 e. The van der Waals surface area contributed by atoms with Crippen LogP contribution in [-0.4, -0.2) is 34.0 Å². The van der Waals surface area contributed by atoms with Crippen LogP contribution >= 0.6 is 11.3 Å². The molecule has 8 heteroatoms. The molecule has 2 heterocycles. The Kier molecular flexibility index (Phi) is 4.40. The molecule has 0 amide bonds. The van der Waals surface area contributed by atoms with E-state index in [1.54, 1.807) is 18.7 Å². The second-order valence-electron chi connectivity index (χ2n) is 5.39. The second kappa shape index (κ2) is 7.01. The maximum absolute atomic E-state index is 5.84. The van der Waals surface area contributed by atoms with Gasteiger partial charge in [0.1, 0.15) is 12.4 Å². The zero-order chi connectivity index (χ0) is 17.9. The average Bonchev–Trinajstić information content (AvgIpc) is 3.27. The molecule has 0 saturated carbocycles. The van der Waals surface area contributed by atoms with Gasteiger partial charge in [-0.25, -0.2) is 0 Å². The Balaban J connectivity index is 1.59. The lowest BCUT2D eigenvalue weighted by Crippen LogP contribution is -1.99. The summed E-state index contributed by atoms with van der Waals surface area (Å²) in [5.41, 5.74) is 0.888. The van der Waals surface area contributed by atoms with E-state index in [4.69, 9.17) is 14.2 Å². The molecule has 0 aliphatic heterocycles. The highest BCUT2D eigenvalue weighted by Crippen LogP contribution is 2.28. The first-order chi connectivity index (χ1) is 12.8. The molecule has 2 aromatic carbocycles. The number of para-hydroxylation sites is 2. The molecule has 0 N–H and O–H groups in total. The highest BCUT2D eigenvalue weighted by molar-refractivity contribution is 7.16. The third-order valence-electron chi connectivity index (χ3n) is 3.78. The standard InChI is InChI=1S/C18H16N4O3S/c1-23-13-7-5-6-12(10-13)17-19-20-18-22(17)21-16(26-18)11-25-15-9-4-3-8-14(15)24-2/h3-10H,11H2,1-2H3. The van der Waals surface area contributed by atoms with Gasteiger partial charge < -0.3 is 14.2 Å². The highest BCUT2D eigenvalue weighted by Gasteiger charge is 2.14. The number of methoxy groups -OCH3 is 2. The van der Waals surface area contributed by atoms with E-state index < -0.39 is 0 Å². The number of nitrogens with zero attached hydrogens (tertiary/aromatic N) is 4. The molecule has 26 heavy (non-hydrogen) atoms. The Labute approximate surface area is 153 Å². The third-order valence-corrected chi connectivity index (χ3v) is 4.65. The number of rotatable bonds is 6. The lowest BCUT2D eigenvalue weighted by atomic mass is 10.2. The molecule has 4 rings (SSSR count). The van der Waals surface area contributed by atoms with Crippen molar-refractivity contribution in [1.82, 2.24) is 19.8 Å². The summed E-state index contributed by atoms with van der Waals surface area (Å²) >= 11 is 1.44. The van der Waals surface area contributed by atoms with Gasteiger partial charge >= 0.3 is 0 Å². The fraction of sp³-hybridized carbons (Fsp3) is 0.167. The first-order valence-electron chi connectivity index (χ1n) is 7.90. The van der Waals surface area contributed by atoms with Crippen molar-refractivity contribution in [2.24, 2.45) is 0 Å². The van der Waals surface area contributed by atoms with Crippen LogP contribution in [0.25, 0.3) is 16.3 Å². The van der Waals surface area contributed by atoms with Gasteiger partial charge in [0.25, 0.3) is 0 Å². The van der Waals surface area contributed by atoms with Gasteiger partial charge in [0.2, 0.25) is 4.96 Å². The van der Waals surface area contributed by atoms with Gasteiger partial charge in [0, 0.05) is 5.56 Å². The second-order valence-corrected chi connectivity index (χ2v) is 6.43. The smallest absolute Gasteiger partial charge is 0.235 e. The molecular formula is C18H16N4O3S. The van der Waals surface area contributed by atoms with Gasteiger partial charge in [0.15, 0.2) is 22.3 Å². The molecule has 0 saturated heterocycles. The molecule has 0 fully saturated rings. The molecule has 0 atom stereocenters. The average molecular weight is 368 g/mol. The van der Waals surface area contributed by atoms with Crippen molar-refractivity contribution in [2.45, 2.75) is 6.61 Å².